The lowest BCUT2D eigenvalue weighted by atomic mass is 9.83. The maximum atomic E-state index is 14.3. The second-order valence-electron chi connectivity index (χ2n) is 14.9. The summed E-state index contributed by atoms with van der Waals surface area (Å²) in [6, 6.07) is -3.81. The summed E-state index contributed by atoms with van der Waals surface area (Å²) in [4.78, 5) is 68.6. The van der Waals surface area contributed by atoms with Crippen LogP contribution in [0.4, 0.5) is 4.79 Å². The lowest BCUT2D eigenvalue weighted by Crippen LogP contribution is -2.63. The van der Waals surface area contributed by atoms with Crippen molar-refractivity contribution >= 4 is 39.4 Å². The first-order chi connectivity index (χ1) is 21.3. The van der Waals surface area contributed by atoms with Crippen LogP contribution < -0.4 is 21.3 Å². The fraction of sp³-hybridized carbons (Fsp3) is 0.727. The number of nitrogens with zero attached hydrogens (tertiary/aromatic N) is 1. The standard InChI is InChI=1S/C33H51N5O7S/c1-9-11-15-22(25(39)28(41)34-18-10-2)35-27(40)24-23-21(32(23,6)7)19-38(24)29(42)26(31(3,4)5)36-30(43)37-33(20-46(8,44)45)16-13-12-14-17-33/h1,10,21-24,26H,2,11-20H2,3-8H3,(H,34,41)(H,35,40)(H2,36,37,43)/t21-,22?,23?,24-,26+/m0/s1. The maximum Gasteiger partial charge on any atom is 0.315 e. The zero-order valence-corrected chi connectivity index (χ0v) is 28.8. The van der Waals surface area contributed by atoms with Crippen molar-refractivity contribution in [3.8, 4) is 12.3 Å². The molecule has 0 spiro atoms. The van der Waals surface area contributed by atoms with E-state index in [1.54, 1.807) is 20.8 Å². The van der Waals surface area contributed by atoms with Gasteiger partial charge in [0.2, 0.25) is 17.6 Å². The van der Waals surface area contributed by atoms with E-state index in [-0.39, 0.29) is 48.9 Å². The molecular weight excluding hydrogens is 610 g/mol. The normalized spacial score (nSPS) is 24.3. The largest absolute Gasteiger partial charge is 0.346 e. The fourth-order valence-corrected chi connectivity index (χ4v) is 8.60. The van der Waals surface area contributed by atoms with Crippen LogP contribution in [-0.2, 0) is 29.0 Å². The summed E-state index contributed by atoms with van der Waals surface area (Å²) in [5, 5.41) is 10.9. The van der Waals surface area contributed by atoms with Crippen LogP contribution in [-0.4, -0.2) is 91.6 Å². The monoisotopic (exact) mass is 661 g/mol. The molecule has 3 rings (SSSR count). The molecule has 1 saturated heterocycles. The molecule has 0 aromatic rings. The van der Waals surface area contributed by atoms with E-state index in [1.807, 2.05) is 13.8 Å². The van der Waals surface area contributed by atoms with Crippen LogP contribution in [0, 0.1) is 35.0 Å². The quantitative estimate of drug-likeness (QED) is 0.132. The summed E-state index contributed by atoms with van der Waals surface area (Å²) >= 11 is 0. The summed E-state index contributed by atoms with van der Waals surface area (Å²) in [6.45, 7) is 13.3. The Balaban J connectivity index is 1.85. The average Bonchev–Trinajstić information content (AvgIpc) is 3.26. The molecule has 46 heavy (non-hydrogen) atoms. The van der Waals surface area contributed by atoms with Gasteiger partial charge in [0.25, 0.3) is 5.91 Å². The number of piperidine rings is 1. The number of hydrogen-bond acceptors (Lipinski definition) is 7. The minimum Gasteiger partial charge on any atom is -0.346 e. The van der Waals surface area contributed by atoms with Gasteiger partial charge in [-0.25, -0.2) is 13.2 Å². The summed E-state index contributed by atoms with van der Waals surface area (Å²) in [5.74, 6) is -0.665. The van der Waals surface area contributed by atoms with Crippen LogP contribution in [0.15, 0.2) is 12.7 Å². The summed E-state index contributed by atoms with van der Waals surface area (Å²) < 4.78 is 24.5. The lowest BCUT2D eigenvalue weighted by Gasteiger charge is -2.40. The van der Waals surface area contributed by atoms with E-state index < -0.39 is 68.5 Å². The Morgan fingerprint density at radius 3 is 2.26 bits per heavy atom. The zero-order valence-electron chi connectivity index (χ0n) is 28.0. The summed E-state index contributed by atoms with van der Waals surface area (Å²) in [5.41, 5.74) is -1.94. The van der Waals surface area contributed by atoms with Crippen LogP contribution >= 0.6 is 0 Å². The van der Waals surface area contributed by atoms with Gasteiger partial charge in [-0.1, -0.05) is 60.0 Å². The van der Waals surface area contributed by atoms with Crippen LogP contribution in [0.5, 0.6) is 0 Å². The predicted molar refractivity (Wildman–Crippen MR) is 175 cm³/mol. The molecule has 5 amide bonds. The highest BCUT2D eigenvalue weighted by Crippen LogP contribution is 2.65. The Labute approximate surface area is 273 Å². The molecule has 2 aliphatic carbocycles. The number of carbonyl (C=O) groups is 5. The van der Waals surface area contributed by atoms with Gasteiger partial charge in [-0.2, -0.15) is 0 Å². The topological polar surface area (TPSA) is 171 Å². The number of sulfone groups is 1. The molecule has 0 radical (unpaired) electrons. The van der Waals surface area contributed by atoms with Crippen LogP contribution in [0.2, 0.25) is 0 Å². The number of terminal acetylenes is 1. The van der Waals surface area contributed by atoms with Gasteiger partial charge in [0, 0.05) is 25.8 Å². The van der Waals surface area contributed by atoms with E-state index in [0.717, 1.165) is 25.5 Å². The number of ketones is 1. The number of rotatable bonds is 13. The number of fused-ring (bicyclic) bond motifs is 1. The molecule has 256 valence electrons. The Morgan fingerprint density at radius 1 is 1.09 bits per heavy atom. The van der Waals surface area contributed by atoms with Gasteiger partial charge in [0.1, 0.15) is 21.9 Å². The molecule has 5 atom stereocenters. The predicted octanol–water partition coefficient (Wildman–Crippen LogP) is 1.70. The van der Waals surface area contributed by atoms with Crippen molar-refractivity contribution in [2.24, 2.45) is 22.7 Å². The number of Topliss-reactive ketones (excluding diaryl/α,β-unsaturated/α-hetero) is 1. The molecular formula is C33H51N5O7S. The van der Waals surface area contributed by atoms with Crippen molar-refractivity contribution in [1.29, 1.82) is 0 Å². The van der Waals surface area contributed by atoms with Crippen molar-refractivity contribution in [2.45, 2.75) is 103 Å². The number of amides is 5. The second-order valence-corrected chi connectivity index (χ2v) is 17.0. The molecule has 0 aromatic carbocycles. The number of nitrogens with one attached hydrogen (secondary N) is 4. The Morgan fingerprint density at radius 2 is 1.72 bits per heavy atom. The number of likely N-dealkylation sites (tertiary alicyclic amines) is 1. The van der Waals surface area contributed by atoms with Gasteiger partial charge in [0.15, 0.2) is 0 Å². The molecule has 0 aromatic heterocycles. The molecule has 3 aliphatic rings. The SMILES string of the molecule is C#CCCC(NC(=O)[C@@H]1C2[C@H](CN1C(=O)[C@@H](NC(=O)NC1(CS(C)(=O)=O)CCCCC1)C(C)(C)C)C2(C)C)C(=O)C(=O)NCC=C. The van der Waals surface area contributed by atoms with Gasteiger partial charge in [-0.05, 0) is 41.9 Å². The molecule has 2 saturated carbocycles. The summed E-state index contributed by atoms with van der Waals surface area (Å²) in [7, 11) is -3.40. The van der Waals surface area contributed by atoms with Crippen molar-refractivity contribution in [2.75, 3.05) is 25.1 Å². The highest BCUT2D eigenvalue weighted by Gasteiger charge is 2.70. The van der Waals surface area contributed by atoms with Crippen molar-refractivity contribution in [3.63, 3.8) is 0 Å². The molecule has 12 nitrogen and oxygen atoms in total. The molecule has 4 N–H and O–H groups in total. The Kier molecular flexibility index (Phi) is 11.4. The number of carbonyl (C=O) groups excluding carboxylic acids is 5. The number of hydrogen-bond donors (Lipinski definition) is 4. The lowest BCUT2D eigenvalue weighted by molar-refractivity contribution is -0.145. The van der Waals surface area contributed by atoms with Gasteiger partial charge >= 0.3 is 6.03 Å². The molecule has 1 heterocycles. The highest BCUT2D eigenvalue weighted by atomic mass is 32.2. The smallest absolute Gasteiger partial charge is 0.315 e. The Bertz CT molecular complexity index is 1370. The molecule has 3 fully saturated rings. The van der Waals surface area contributed by atoms with E-state index in [4.69, 9.17) is 6.42 Å². The van der Waals surface area contributed by atoms with Crippen molar-refractivity contribution < 1.29 is 32.4 Å². The van der Waals surface area contributed by atoms with E-state index in [1.165, 1.54) is 11.0 Å². The third kappa shape index (κ3) is 8.69. The van der Waals surface area contributed by atoms with Gasteiger partial charge < -0.3 is 26.2 Å². The van der Waals surface area contributed by atoms with Crippen LogP contribution in [0.1, 0.15) is 79.6 Å². The van der Waals surface area contributed by atoms with E-state index in [2.05, 4.69) is 33.8 Å². The number of urea groups is 1. The summed E-state index contributed by atoms with van der Waals surface area (Å²) in [6.07, 6.45) is 11.7. The van der Waals surface area contributed by atoms with Crippen molar-refractivity contribution in [1.82, 2.24) is 26.2 Å². The second kappa shape index (κ2) is 14.2. The maximum absolute atomic E-state index is 14.3. The van der Waals surface area contributed by atoms with Gasteiger partial charge in [0.05, 0.1) is 17.3 Å². The minimum atomic E-state index is -3.40. The van der Waals surface area contributed by atoms with E-state index >= 15 is 0 Å². The molecule has 2 unspecified atom stereocenters. The minimum absolute atomic E-state index is 0.0256. The van der Waals surface area contributed by atoms with Crippen LogP contribution in [0.3, 0.4) is 0 Å². The van der Waals surface area contributed by atoms with Crippen LogP contribution in [0.25, 0.3) is 0 Å². The molecule has 13 heteroatoms. The van der Waals surface area contributed by atoms with Gasteiger partial charge in [-0.15, -0.1) is 18.9 Å². The third-order valence-corrected chi connectivity index (χ3v) is 10.8. The average molecular weight is 662 g/mol. The highest BCUT2D eigenvalue weighted by molar-refractivity contribution is 7.90. The first-order valence-corrected chi connectivity index (χ1v) is 18.1. The first-order valence-electron chi connectivity index (χ1n) is 16.0. The third-order valence-electron chi connectivity index (χ3n) is 9.72. The fourth-order valence-electron chi connectivity index (χ4n) is 7.24. The zero-order chi connectivity index (χ0) is 34.7. The van der Waals surface area contributed by atoms with E-state index in [0.29, 0.717) is 12.8 Å². The van der Waals surface area contributed by atoms with Gasteiger partial charge in [-0.3, -0.25) is 19.2 Å². The Hall–Kier alpha value is -3.40. The van der Waals surface area contributed by atoms with E-state index in [9.17, 15) is 32.4 Å². The molecule has 1 aliphatic heterocycles. The first kappa shape index (κ1) is 37.1. The van der Waals surface area contributed by atoms with Crippen molar-refractivity contribution in [3.05, 3.63) is 12.7 Å². The molecule has 0 bridgehead atoms.